The van der Waals surface area contributed by atoms with E-state index < -0.39 is 0 Å². The minimum Gasteiger partial charge on any atom is -0.489 e. The van der Waals surface area contributed by atoms with Gasteiger partial charge in [0.15, 0.2) is 0 Å². The van der Waals surface area contributed by atoms with Crippen molar-refractivity contribution in [3.05, 3.63) is 40.4 Å². The fourth-order valence-corrected chi connectivity index (χ4v) is 1.64. The second-order valence-electron chi connectivity index (χ2n) is 3.61. The third-order valence-electron chi connectivity index (χ3n) is 1.99. The number of hydrogen-bond acceptors (Lipinski definition) is 2. The van der Waals surface area contributed by atoms with Gasteiger partial charge in [-0.3, -0.25) is 0 Å². The lowest BCUT2D eigenvalue weighted by Gasteiger charge is -2.12. The molecule has 1 aromatic rings. The van der Waals surface area contributed by atoms with Gasteiger partial charge in [-0.15, -0.1) is 0 Å². The van der Waals surface area contributed by atoms with E-state index in [9.17, 15) is 0 Å². The molecule has 0 amide bonds. The molecule has 16 heavy (non-hydrogen) atoms. The molecule has 0 aliphatic rings. The Kier molecular flexibility index (Phi) is 5.67. The van der Waals surface area contributed by atoms with Crippen molar-refractivity contribution in [2.45, 2.75) is 19.4 Å². The summed E-state index contributed by atoms with van der Waals surface area (Å²) in [6.07, 6.45) is 2.46. The Morgan fingerprint density at radius 3 is 2.88 bits per heavy atom. The van der Waals surface area contributed by atoms with Crippen molar-refractivity contribution in [1.29, 1.82) is 0 Å². The maximum absolute atomic E-state index is 5.93. The molecule has 4 heteroatoms. The topological polar surface area (TPSA) is 35.2 Å². The molecule has 0 aromatic heterocycles. The highest BCUT2D eigenvalue weighted by Gasteiger charge is 2.06. The molecule has 1 unspecified atom stereocenters. The number of hydrogen-bond donors (Lipinski definition) is 1. The number of ether oxygens (including phenoxy) is 1. The predicted molar refractivity (Wildman–Crippen MR) is 69.3 cm³/mol. The Balaban J connectivity index is 2.80. The second-order valence-corrected chi connectivity index (χ2v) is 4.29. The van der Waals surface area contributed by atoms with Crippen LogP contribution in [0.5, 0.6) is 5.75 Å². The van der Waals surface area contributed by atoms with Crippen molar-refractivity contribution in [2.75, 3.05) is 6.61 Å². The molecule has 0 heterocycles. The largest absolute Gasteiger partial charge is 0.489 e. The van der Waals surface area contributed by atoms with E-state index in [-0.39, 0.29) is 6.04 Å². The van der Waals surface area contributed by atoms with E-state index in [0.29, 0.717) is 11.6 Å². The van der Waals surface area contributed by atoms with Crippen molar-refractivity contribution < 1.29 is 4.74 Å². The zero-order chi connectivity index (χ0) is 12.0. The van der Waals surface area contributed by atoms with Crippen LogP contribution < -0.4 is 10.5 Å². The highest BCUT2D eigenvalue weighted by Crippen LogP contribution is 2.24. The number of benzene rings is 1. The van der Waals surface area contributed by atoms with Gasteiger partial charge < -0.3 is 10.5 Å². The second kappa shape index (κ2) is 6.79. The van der Waals surface area contributed by atoms with Gasteiger partial charge in [-0.1, -0.05) is 23.2 Å². The van der Waals surface area contributed by atoms with Crippen LogP contribution in [0.2, 0.25) is 5.02 Å². The van der Waals surface area contributed by atoms with Gasteiger partial charge in [0.2, 0.25) is 0 Å². The maximum Gasteiger partial charge on any atom is 0.123 e. The van der Waals surface area contributed by atoms with E-state index in [4.69, 9.17) is 33.7 Å². The fourth-order valence-electron chi connectivity index (χ4n) is 1.37. The summed E-state index contributed by atoms with van der Waals surface area (Å²) in [4.78, 5) is 0. The lowest BCUT2D eigenvalue weighted by molar-refractivity contribution is 0.358. The summed E-state index contributed by atoms with van der Waals surface area (Å²) in [5.74, 6) is 0.802. The lowest BCUT2D eigenvalue weighted by atomic mass is 10.1. The van der Waals surface area contributed by atoms with Crippen LogP contribution in [0.25, 0.3) is 0 Å². The summed E-state index contributed by atoms with van der Waals surface area (Å²) in [5.41, 5.74) is 8.22. The predicted octanol–water partition coefficient (Wildman–Crippen LogP) is 3.36. The smallest absolute Gasteiger partial charge is 0.123 e. The van der Waals surface area contributed by atoms with Gasteiger partial charge in [0.05, 0.1) is 0 Å². The molecular weight excluding hydrogens is 245 g/mol. The molecule has 1 aromatic carbocycles. The molecule has 1 rings (SSSR count). The van der Waals surface area contributed by atoms with E-state index in [2.05, 4.69) is 0 Å². The summed E-state index contributed by atoms with van der Waals surface area (Å²) in [6, 6.07) is 5.60. The van der Waals surface area contributed by atoms with E-state index in [1.54, 1.807) is 12.1 Å². The quantitative estimate of drug-likeness (QED) is 0.881. The van der Waals surface area contributed by atoms with Crippen LogP contribution in [0.1, 0.15) is 12.5 Å². The van der Waals surface area contributed by atoms with Crippen molar-refractivity contribution >= 4 is 23.2 Å². The van der Waals surface area contributed by atoms with E-state index in [1.807, 2.05) is 19.1 Å². The molecule has 2 nitrogen and oxygen atoms in total. The van der Waals surface area contributed by atoms with Crippen LogP contribution in [0.3, 0.4) is 0 Å². The summed E-state index contributed by atoms with van der Waals surface area (Å²) in [5, 5.41) is 0.691. The summed E-state index contributed by atoms with van der Waals surface area (Å²) >= 11 is 11.3. The monoisotopic (exact) mass is 259 g/mol. The summed E-state index contributed by atoms with van der Waals surface area (Å²) in [7, 11) is 0. The molecule has 0 aliphatic heterocycles. The highest BCUT2D eigenvalue weighted by molar-refractivity contribution is 6.30. The molecule has 88 valence electrons. The van der Waals surface area contributed by atoms with Crippen LogP contribution in [0.4, 0.5) is 0 Å². The Hall–Kier alpha value is -0.700. The highest BCUT2D eigenvalue weighted by atomic mass is 35.5. The van der Waals surface area contributed by atoms with E-state index >= 15 is 0 Å². The maximum atomic E-state index is 5.93. The van der Waals surface area contributed by atoms with Crippen molar-refractivity contribution in [3.8, 4) is 5.75 Å². The number of halogens is 2. The molecule has 0 spiro atoms. The first-order valence-electron chi connectivity index (χ1n) is 5.05. The van der Waals surface area contributed by atoms with Crippen LogP contribution in [0, 0.1) is 0 Å². The molecule has 0 saturated carbocycles. The lowest BCUT2D eigenvalue weighted by Crippen LogP contribution is -2.18. The first-order valence-corrected chi connectivity index (χ1v) is 5.87. The fraction of sp³-hybridized carbons (Fsp3) is 0.333. The van der Waals surface area contributed by atoms with Gasteiger partial charge in [-0.05, 0) is 43.2 Å². The molecular formula is C12H15Cl2NO. The van der Waals surface area contributed by atoms with Crippen molar-refractivity contribution in [2.24, 2.45) is 5.73 Å². The third-order valence-corrected chi connectivity index (χ3v) is 2.40. The average Bonchev–Trinajstić information content (AvgIpc) is 2.20. The Labute approximate surface area is 106 Å². The zero-order valence-corrected chi connectivity index (χ0v) is 10.6. The molecule has 0 bridgehead atoms. The van der Waals surface area contributed by atoms with E-state index in [0.717, 1.165) is 17.7 Å². The van der Waals surface area contributed by atoms with Crippen LogP contribution >= 0.6 is 23.2 Å². The van der Waals surface area contributed by atoms with Crippen LogP contribution in [-0.2, 0) is 6.42 Å². The molecule has 1 atom stereocenters. The standard InChI is InChI=1S/C12H15Cl2NO/c1-9(15)7-10-8-11(14)3-4-12(10)16-6-2-5-13/h2-5,8-9H,6-7,15H2,1H3/b5-2+. The van der Waals surface area contributed by atoms with Gasteiger partial charge in [0, 0.05) is 16.6 Å². The minimum absolute atomic E-state index is 0.0735. The van der Waals surface area contributed by atoms with Crippen molar-refractivity contribution in [1.82, 2.24) is 0 Å². The van der Waals surface area contributed by atoms with Gasteiger partial charge in [0.1, 0.15) is 12.4 Å². The van der Waals surface area contributed by atoms with E-state index in [1.165, 1.54) is 5.54 Å². The SMILES string of the molecule is CC(N)Cc1cc(Cl)ccc1OC/C=C/Cl. The first-order chi connectivity index (χ1) is 7.63. The first kappa shape index (κ1) is 13.4. The normalized spacial score (nSPS) is 13.0. The average molecular weight is 260 g/mol. The zero-order valence-electron chi connectivity index (χ0n) is 9.12. The summed E-state index contributed by atoms with van der Waals surface area (Å²) < 4.78 is 5.55. The van der Waals surface area contributed by atoms with Crippen molar-refractivity contribution in [3.63, 3.8) is 0 Å². The minimum atomic E-state index is 0.0735. The molecule has 2 N–H and O–H groups in total. The van der Waals surface area contributed by atoms with Crippen LogP contribution in [-0.4, -0.2) is 12.6 Å². The van der Waals surface area contributed by atoms with Gasteiger partial charge in [0.25, 0.3) is 0 Å². The molecule has 0 saturated heterocycles. The Morgan fingerprint density at radius 1 is 1.50 bits per heavy atom. The number of rotatable bonds is 5. The van der Waals surface area contributed by atoms with Gasteiger partial charge in [-0.2, -0.15) is 0 Å². The Bertz CT molecular complexity index is 364. The molecule has 0 aliphatic carbocycles. The summed E-state index contributed by atoms with van der Waals surface area (Å²) in [6.45, 7) is 2.39. The molecule has 0 fully saturated rings. The Morgan fingerprint density at radius 2 is 2.25 bits per heavy atom. The van der Waals surface area contributed by atoms with Gasteiger partial charge >= 0.3 is 0 Å². The number of nitrogens with two attached hydrogens (primary N) is 1. The molecule has 0 radical (unpaired) electrons. The van der Waals surface area contributed by atoms with Gasteiger partial charge in [-0.25, -0.2) is 0 Å². The third kappa shape index (κ3) is 4.44. The van der Waals surface area contributed by atoms with Crippen LogP contribution in [0.15, 0.2) is 29.8 Å².